The highest BCUT2D eigenvalue weighted by molar-refractivity contribution is 5.99. The van der Waals surface area contributed by atoms with Crippen LogP contribution in [-0.2, 0) is 13.5 Å². The van der Waals surface area contributed by atoms with Crippen LogP contribution >= 0.6 is 0 Å². The summed E-state index contributed by atoms with van der Waals surface area (Å²) in [6, 6.07) is 9.03. The number of halogens is 3. The van der Waals surface area contributed by atoms with Crippen LogP contribution in [0.25, 0.3) is 22.2 Å². The Balaban J connectivity index is 1.61. The number of aryl methyl sites for hydroxylation is 2. The second-order valence-corrected chi connectivity index (χ2v) is 9.35. The quantitative estimate of drug-likeness (QED) is 0.315. The van der Waals surface area contributed by atoms with Gasteiger partial charge >= 0.3 is 0 Å². The van der Waals surface area contributed by atoms with E-state index in [2.05, 4.69) is 4.98 Å². The highest BCUT2D eigenvalue weighted by Crippen LogP contribution is 2.41. The molecule has 0 N–H and O–H groups in total. The summed E-state index contributed by atoms with van der Waals surface area (Å²) >= 11 is 0. The summed E-state index contributed by atoms with van der Waals surface area (Å²) in [7, 11) is 1.70. The molecule has 2 aromatic carbocycles. The molecule has 1 aliphatic rings. The average molecular weight is 493 g/mol. The molecule has 0 spiro atoms. The third kappa shape index (κ3) is 3.75. The van der Waals surface area contributed by atoms with Crippen LogP contribution in [0.1, 0.15) is 59.9 Å². The second kappa shape index (κ2) is 9.08. The number of amides is 1. The van der Waals surface area contributed by atoms with Crippen LogP contribution in [0.2, 0.25) is 0 Å². The van der Waals surface area contributed by atoms with Crippen molar-refractivity contribution >= 4 is 16.8 Å². The van der Waals surface area contributed by atoms with Gasteiger partial charge < -0.3 is 4.90 Å². The van der Waals surface area contributed by atoms with Crippen molar-refractivity contribution in [3.8, 4) is 11.3 Å². The molecular weight excluding hydrogens is 465 g/mol. The Morgan fingerprint density at radius 2 is 1.78 bits per heavy atom. The summed E-state index contributed by atoms with van der Waals surface area (Å²) in [5, 5.41) is 5.63. The second-order valence-electron chi connectivity index (χ2n) is 9.35. The van der Waals surface area contributed by atoms with Crippen molar-refractivity contribution < 1.29 is 18.0 Å². The molecule has 5 nitrogen and oxygen atoms in total. The van der Waals surface area contributed by atoms with Crippen LogP contribution in [-0.4, -0.2) is 31.6 Å². The molecule has 8 heteroatoms. The van der Waals surface area contributed by atoms with E-state index in [-0.39, 0.29) is 23.6 Å². The Morgan fingerprint density at radius 1 is 1.06 bits per heavy atom. The number of hydrogen-bond donors (Lipinski definition) is 0. The van der Waals surface area contributed by atoms with Gasteiger partial charge in [0, 0.05) is 41.4 Å². The first kappa shape index (κ1) is 24.0. The summed E-state index contributed by atoms with van der Waals surface area (Å²) in [4.78, 5) is 20.2. The van der Waals surface area contributed by atoms with Gasteiger partial charge in [-0.1, -0.05) is 13.8 Å². The molecule has 36 heavy (non-hydrogen) atoms. The topological polar surface area (TPSA) is 51.0 Å². The van der Waals surface area contributed by atoms with Gasteiger partial charge in [-0.2, -0.15) is 5.10 Å². The molecule has 0 aliphatic carbocycles. The Bertz CT molecular complexity index is 1470. The standard InChI is InChI=1S/C28H27F3N4O/c1-5-18-14-20-26(33-34(4)27(20)17-12-21(29)25(31)22(30)13-17)24(6-2)35(18)28(36)16-7-8-23-19(11-16)15(3)9-10-32-23/h7-13,18,24H,5-6,14H2,1-4H3. The number of carbonyl (C=O) groups is 1. The number of aromatic nitrogens is 3. The van der Waals surface area contributed by atoms with E-state index in [0.717, 1.165) is 34.2 Å². The Labute approximate surface area is 207 Å². The van der Waals surface area contributed by atoms with E-state index in [4.69, 9.17) is 5.10 Å². The monoisotopic (exact) mass is 492 g/mol. The molecule has 2 unspecified atom stereocenters. The van der Waals surface area contributed by atoms with Crippen molar-refractivity contribution in [1.29, 1.82) is 0 Å². The lowest BCUT2D eigenvalue weighted by molar-refractivity contribution is 0.0513. The molecule has 0 saturated carbocycles. The van der Waals surface area contributed by atoms with Gasteiger partial charge in [-0.3, -0.25) is 14.5 Å². The third-order valence-corrected chi connectivity index (χ3v) is 7.22. The largest absolute Gasteiger partial charge is 0.327 e. The molecule has 0 saturated heterocycles. The number of hydrogen-bond acceptors (Lipinski definition) is 3. The molecular formula is C28H27F3N4O. The molecule has 0 radical (unpaired) electrons. The van der Waals surface area contributed by atoms with Gasteiger partial charge in [-0.25, -0.2) is 13.2 Å². The highest BCUT2D eigenvalue weighted by Gasteiger charge is 2.40. The number of carbonyl (C=O) groups excluding carboxylic acids is 1. The zero-order valence-corrected chi connectivity index (χ0v) is 20.6. The van der Waals surface area contributed by atoms with E-state index < -0.39 is 17.5 Å². The summed E-state index contributed by atoms with van der Waals surface area (Å²) in [5.41, 5.74) is 4.77. The number of benzene rings is 2. The van der Waals surface area contributed by atoms with Crippen LogP contribution in [0.5, 0.6) is 0 Å². The summed E-state index contributed by atoms with van der Waals surface area (Å²) in [6.45, 7) is 6.00. The predicted octanol–water partition coefficient (Wildman–Crippen LogP) is 6.29. The fourth-order valence-electron chi connectivity index (χ4n) is 5.44. The van der Waals surface area contributed by atoms with Crippen molar-refractivity contribution in [3.05, 3.63) is 82.4 Å². The Morgan fingerprint density at radius 3 is 2.44 bits per heavy atom. The maximum atomic E-state index is 14.1. The van der Waals surface area contributed by atoms with E-state index >= 15 is 0 Å². The first-order valence-corrected chi connectivity index (χ1v) is 12.1. The molecule has 3 heterocycles. The molecule has 1 aliphatic heterocycles. The van der Waals surface area contributed by atoms with Crippen molar-refractivity contribution in [2.24, 2.45) is 7.05 Å². The SMILES string of the molecule is CCC1Cc2c(nn(C)c2-c2cc(F)c(F)c(F)c2)C(CC)N1C(=O)c1ccc2nccc(C)c2c1. The number of nitrogens with zero attached hydrogens (tertiary/aromatic N) is 4. The van der Waals surface area contributed by atoms with Crippen LogP contribution < -0.4 is 0 Å². The molecule has 1 amide bonds. The van der Waals surface area contributed by atoms with E-state index in [1.807, 2.05) is 43.9 Å². The van der Waals surface area contributed by atoms with Crippen molar-refractivity contribution in [1.82, 2.24) is 19.7 Å². The summed E-state index contributed by atoms with van der Waals surface area (Å²) in [5.74, 6) is -4.07. The minimum Gasteiger partial charge on any atom is -0.327 e. The number of pyridine rings is 1. The fourth-order valence-corrected chi connectivity index (χ4v) is 5.44. The van der Waals surface area contributed by atoms with Gasteiger partial charge in [0.15, 0.2) is 17.5 Å². The van der Waals surface area contributed by atoms with E-state index in [1.54, 1.807) is 24.0 Å². The minimum atomic E-state index is -1.50. The maximum absolute atomic E-state index is 14.1. The molecule has 186 valence electrons. The normalized spacial score (nSPS) is 17.5. The minimum absolute atomic E-state index is 0.0874. The Hall–Kier alpha value is -3.68. The van der Waals surface area contributed by atoms with Crippen LogP contribution in [0, 0.1) is 24.4 Å². The molecule has 0 bridgehead atoms. The highest BCUT2D eigenvalue weighted by atomic mass is 19.2. The zero-order valence-electron chi connectivity index (χ0n) is 20.6. The van der Waals surface area contributed by atoms with Gasteiger partial charge in [0.1, 0.15) is 0 Å². The predicted molar refractivity (Wildman–Crippen MR) is 132 cm³/mol. The number of rotatable bonds is 4. The fraction of sp³-hybridized carbons (Fsp3) is 0.321. The van der Waals surface area contributed by atoms with Gasteiger partial charge in [-0.05, 0) is 68.1 Å². The smallest absolute Gasteiger partial charge is 0.254 e. The zero-order chi connectivity index (χ0) is 25.7. The van der Waals surface area contributed by atoms with Crippen LogP contribution in [0.4, 0.5) is 13.2 Å². The van der Waals surface area contributed by atoms with Gasteiger partial charge in [0.25, 0.3) is 5.91 Å². The lowest BCUT2D eigenvalue weighted by Gasteiger charge is -2.41. The van der Waals surface area contributed by atoms with Gasteiger partial charge in [0.2, 0.25) is 0 Å². The lowest BCUT2D eigenvalue weighted by atomic mass is 9.87. The molecule has 5 rings (SSSR count). The van der Waals surface area contributed by atoms with Crippen LogP contribution in [0.3, 0.4) is 0 Å². The van der Waals surface area contributed by atoms with E-state index in [0.29, 0.717) is 36.2 Å². The van der Waals surface area contributed by atoms with E-state index in [1.165, 1.54) is 0 Å². The van der Waals surface area contributed by atoms with Crippen molar-refractivity contribution in [3.63, 3.8) is 0 Å². The van der Waals surface area contributed by atoms with Crippen molar-refractivity contribution in [2.75, 3.05) is 0 Å². The molecule has 2 atom stereocenters. The maximum Gasteiger partial charge on any atom is 0.254 e. The summed E-state index contributed by atoms with van der Waals surface area (Å²) in [6.07, 6.45) is 3.54. The van der Waals surface area contributed by atoms with Gasteiger partial charge in [-0.15, -0.1) is 0 Å². The van der Waals surface area contributed by atoms with Crippen molar-refractivity contribution in [2.45, 2.75) is 52.1 Å². The molecule has 2 aromatic heterocycles. The first-order valence-electron chi connectivity index (χ1n) is 12.1. The molecule has 0 fully saturated rings. The van der Waals surface area contributed by atoms with Gasteiger partial charge in [0.05, 0.1) is 22.9 Å². The molecule has 4 aromatic rings. The Kier molecular flexibility index (Phi) is 6.06. The third-order valence-electron chi connectivity index (χ3n) is 7.22. The van der Waals surface area contributed by atoms with E-state index in [9.17, 15) is 18.0 Å². The van der Waals surface area contributed by atoms with Crippen LogP contribution in [0.15, 0.2) is 42.6 Å². The summed E-state index contributed by atoms with van der Waals surface area (Å²) < 4.78 is 43.4. The number of fused-ring (bicyclic) bond motifs is 2. The average Bonchev–Trinajstić information content (AvgIpc) is 3.20. The first-order chi connectivity index (χ1) is 17.2. The lowest BCUT2D eigenvalue weighted by Crippen LogP contribution is -2.47.